The Bertz CT molecular complexity index is 931. The van der Waals surface area contributed by atoms with E-state index in [1.165, 1.54) is 4.70 Å². The number of benzene rings is 2. The molecule has 28 heavy (non-hydrogen) atoms. The first-order chi connectivity index (χ1) is 13.1. The van der Waals surface area contributed by atoms with Crippen LogP contribution in [0, 0.1) is 6.92 Å². The number of aryl methyl sites for hydroxylation is 1. The van der Waals surface area contributed by atoms with Crippen LogP contribution in [0.1, 0.15) is 17.5 Å². The number of fused-ring (bicyclic) bond motifs is 2. The van der Waals surface area contributed by atoms with E-state index in [-0.39, 0.29) is 6.03 Å². The first-order valence-electron chi connectivity index (χ1n) is 8.29. The molecule has 2 amide bonds. The topological polar surface area (TPSA) is 53.7 Å². The number of carbonyl (C=O) groups is 1. The third kappa shape index (κ3) is 4.44. The maximum Gasteiger partial charge on any atom is 0.673 e. The van der Waals surface area contributed by atoms with E-state index in [0.29, 0.717) is 23.7 Å². The molecule has 5 nitrogen and oxygen atoms in total. The second kappa shape index (κ2) is 7.42. The second-order valence-corrected chi connectivity index (χ2v) is 6.71. The van der Waals surface area contributed by atoms with Crippen LogP contribution in [0.3, 0.4) is 0 Å². The number of rotatable bonds is 1. The van der Waals surface area contributed by atoms with Gasteiger partial charge in [0.25, 0.3) is 5.66 Å². The van der Waals surface area contributed by atoms with Crippen molar-refractivity contribution < 1.29 is 31.5 Å². The van der Waals surface area contributed by atoms with Gasteiger partial charge in [-0.1, -0.05) is 33.0 Å². The first kappa shape index (κ1) is 20.1. The molecule has 0 fully saturated rings. The third-order valence-electron chi connectivity index (χ3n) is 4.15. The molecule has 0 radical (unpaired) electrons. The second-order valence-electron chi connectivity index (χ2n) is 6.27. The van der Waals surface area contributed by atoms with Gasteiger partial charge in [-0.3, -0.25) is 0 Å². The average Bonchev–Trinajstić information content (AvgIpc) is 2.92. The van der Waals surface area contributed by atoms with E-state index in [1.54, 1.807) is 24.3 Å². The summed E-state index contributed by atoms with van der Waals surface area (Å²) in [4.78, 5) is 12.5. The Morgan fingerprint density at radius 2 is 1.82 bits per heavy atom. The van der Waals surface area contributed by atoms with E-state index in [9.17, 15) is 22.1 Å². The molecule has 2 aliphatic heterocycles. The molecule has 148 valence electrons. The summed E-state index contributed by atoms with van der Waals surface area (Å²) in [6, 6.07) is 12.7. The lowest BCUT2D eigenvalue weighted by atomic mass is 9.93. The van der Waals surface area contributed by atoms with Crippen LogP contribution in [0.2, 0.25) is 5.02 Å². The zero-order valence-corrected chi connectivity index (χ0v) is 15.4. The minimum atomic E-state index is -6.00. The van der Waals surface area contributed by atoms with Crippen molar-refractivity contribution in [2.45, 2.75) is 19.0 Å². The van der Waals surface area contributed by atoms with Crippen molar-refractivity contribution in [3.63, 3.8) is 0 Å². The van der Waals surface area contributed by atoms with Gasteiger partial charge in [0, 0.05) is 5.02 Å². The van der Waals surface area contributed by atoms with Crippen LogP contribution >= 0.6 is 11.6 Å². The lowest BCUT2D eigenvalue weighted by Crippen LogP contribution is -2.43. The molecule has 0 bridgehead atoms. The molecule has 2 aromatic rings. The van der Waals surface area contributed by atoms with Gasteiger partial charge in [-0.25, -0.2) is 5.32 Å². The highest BCUT2D eigenvalue weighted by molar-refractivity contribution is 6.50. The quantitative estimate of drug-likeness (QED) is 0.385. The van der Waals surface area contributed by atoms with E-state index in [1.807, 2.05) is 25.1 Å². The number of carbonyl (C=O) groups excluding carboxylic acids is 1. The van der Waals surface area contributed by atoms with Crippen LogP contribution < -0.4 is 10.1 Å². The van der Waals surface area contributed by atoms with Crippen molar-refractivity contribution in [2.24, 2.45) is 5.11 Å². The summed E-state index contributed by atoms with van der Waals surface area (Å²) in [6.07, 6.45) is 0.597. The van der Waals surface area contributed by atoms with Crippen molar-refractivity contribution in [1.82, 2.24) is 5.32 Å². The Morgan fingerprint density at radius 1 is 1.18 bits per heavy atom. The molecule has 2 aliphatic rings. The highest BCUT2D eigenvalue weighted by Crippen LogP contribution is 2.41. The van der Waals surface area contributed by atoms with Gasteiger partial charge in [0.2, 0.25) is 0 Å². The number of azo groups is 2. The fraction of sp³-hybridized carbons (Fsp3) is 0.235. The lowest BCUT2D eigenvalue weighted by Gasteiger charge is -2.27. The average molecular weight is 416 g/mol. The largest absolute Gasteiger partial charge is 0.673 e. The van der Waals surface area contributed by atoms with Crippen LogP contribution in [0.4, 0.5) is 27.7 Å². The van der Waals surface area contributed by atoms with Crippen molar-refractivity contribution in [1.29, 1.82) is 0 Å². The molecule has 2 aromatic carbocycles. The van der Waals surface area contributed by atoms with Crippen LogP contribution in [-0.4, -0.2) is 24.6 Å². The number of urea groups is 1. The molecule has 0 saturated carbocycles. The van der Waals surface area contributed by atoms with E-state index < -0.39 is 12.9 Å². The van der Waals surface area contributed by atoms with Crippen molar-refractivity contribution >= 4 is 30.6 Å². The van der Waals surface area contributed by atoms with E-state index >= 15 is 0 Å². The van der Waals surface area contributed by atoms with Crippen molar-refractivity contribution in [2.75, 3.05) is 6.61 Å². The van der Waals surface area contributed by atoms with Crippen LogP contribution in [-0.2, 0) is 5.66 Å². The Balaban J connectivity index is 0.000000403. The minimum absolute atomic E-state index is 0.248. The molecular weight excluding hydrogens is 400 g/mol. The molecular formula is C17H15BClF4N3O2. The zero-order chi connectivity index (χ0) is 20.5. The number of nitrogens with one attached hydrogen (secondary N) is 1. The highest BCUT2D eigenvalue weighted by atomic mass is 35.5. The summed E-state index contributed by atoms with van der Waals surface area (Å²) in [6.45, 7) is 2.52. The standard InChI is InChI=1S/C17H14ClN3O2.BF4/c1-11-2-7-15-14(10-11)17(8-9-23-15)19-16(22)21(20-17)13-5-3-12(18)4-6-13;2-1(3,4)5/h2-7,10H,8-9H2,1H3;/q;-1/p+1. The van der Waals surface area contributed by atoms with Gasteiger partial charge in [0.1, 0.15) is 5.75 Å². The van der Waals surface area contributed by atoms with Gasteiger partial charge in [0.15, 0.2) is 5.69 Å². The fourth-order valence-corrected chi connectivity index (χ4v) is 3.12. The SMILES string of the molecule is Cc1ccc2c(c1)C1(CCO2)N=[N+](c2ccc(Cl)cc2)C(=O)N1.F[B-](F)(F)F. The number of hydrogen-bond donors (Lipinski definition) is 1. The smallest absolute Gasteiger partial charge is 0.493 e. The summed E-state index contributed by atoms with van der Waals surface area (Å²) in [5.74, 6) is 0.767. The van der Waals surface area contributed by atoms with Gasteiger partial charge in [-0.15, -0.1) is 0 Å². The molecule has 4 rings (SSSR count). The molecule has 1 unspecified atom stereocenters. The molecule has 0 aromatic heterocycles. The van der Waals surface area contributed by atoms with Gasteiger partial charge in [-0.2, -0.15) is 4.79 Å². The van der Waals surface area contributed by atoms with Crippen LogP contribution in [0.15, 0.2) is 47.6 Å². The predicted octanol–water partition coefficient (Wildman–Crippen LogP) is 5.40. The van der Waals surface area contributed by atoms with Crippen LogP contribution in [0.5, 0.6) is 5.75 Å². The molecule has 11 heteroatoms. The van der Waals surface area contributed by atoms with Crippen molar-refractivity contribution in [3.8, 4) is 5.75 Å². The predicted molar refractivity (Wildman–Crippen MR) is 95.5 cm³/mol. The number of ether oxygens (including phenoxy) is 1. The Kier molecular flexibility index (Phi) is 5.34. The number of nitrogens with zero attached hydrogens (tertiary/aromatic N) is 2. The zero-order valence-electron chi connectivity index (χ0n) is 14.6. The van der Waals surface area contributed by atoms with Gasteiger partial charge in [-0.05, 0) is 43.3 Å². The minimum Gasteiger partial charge on any atom is -0.493 e. The lowest BCUT2D eigenvalue weighted by molar-refractivity contribution is -0.404. The Morgan fingerprint density at radius 3 is 2.46 bits per heavy atom. The molecule has 1 atom stereocenters. The molecule has 0 aliphatic carbocycles. The monoisotopic (exact) mass is 415 g/mol. The third-order valence-corrected chi connectivity index (χ3v) is 4.40. The summed E-state index contributed by atoms with van der Waals surface area (Å²) in [7, 11) is -6.00. The van der Waals surface area contributed by atoms with Gasteiger partial charge in [0.05, 0.1) is 18.6 Å². The molecule has 1 spiro atoms. The summed E-state index contributed by atoms with van der Waals surface area (Å²) < 4.78 is 46.1. The van der Waals surface area contributed by atoms with E-state index in [0.717, 1.165) is 16.9 Å². The van der Waals surface area contributed by atoms with Gasteiger partial charge >= 0.3 is 13.3 Å². The van der Waals surface area contributed by atoms with Crippen LogP contribution in [0.25, 0.3) is 0 Å². The molecule has 1 N–H and O–H groups in total. The first-order valence-corrected chi connectivity index (χ1v) is 8.67. The Hall–Kier alpha value is -2.62. The van der Waals surface area contributed by atoms with Gasteiger partial charge < -0.3 is 22.0 Å². The summed E-state index contributed by atoms with van der Waals surface area (Å²) in [5.41, 5.74) is 1.91. The van der Waals surface area contributed by atoms with E-state index in [4.69, 9.17) is 21.5 Å². The highest BCUT2D eigenvalue weighted by Gasteiger charge is 2.52. The maximum absolute atomic E-state index is 12.5. The molecule has 2 heterocycles. The van der Waals surface area contributed by atoms with Crippen molar-refractivity contribution in [3.05, 3.63) is 58.6 Å². The summed E-state index contributed by atoms with van der Waals surface area (Å²) >= 11 is 5.92. The molecule has 0 saturated heterocycles. The number of amides is 2. The van der Waals surface area contributed by atoms with E-state index in [2.05, 4.69) is 5.32 Å². The normalized spacial score (nSPS) is 20.5. The Labute approximate surface area is 163 Å². The summed E-state index contributed by atoms with van der Waals surface area (Å²) in [5, 5.41) is 8.34. The number of halogens is 5. The number of hydrogen-bond acceptors (Lipinski definition) is 3. The maximum atomic E-state index is 12.5. The fourth-order valence-electron chi connectivity index (χ4n) is 3.00.